The average molecular weight is 208 g/mol. The van der Waals surface area contributed by atoms with E-state index in [0.29, 0.717) is 11.3 Å². The maximum atomic E-state index is 12.2. The van der Waals surface area contributed by atoms with E-state index in [1.165, 1.54) is 32.1 Å². The molecule has 15 heavy (non-hydrogen) atoms. The molecule has 1 amide bonds. The number of rotatable bonds is 1. The van der Waals surface area contributed by atoms with Gasteiger partial charge in [-0.05, 0) is 44.1 Å². The molecular formula is C12H20N2O. The van der Waals surface area contributed by atoms with Gasteiger partial charge in [-0.15, -0.1) is 0 Å². The van der Waals surface area contributed by atoms with E-state index in [1.54, 1.807) is 0 Å². The van der Waals surface area contributed by atoms with Gasteiger partial charge in [0, 0.05) is 13.1 Å². The molecule has 0 aromatic rings. The van der Waals surface area contributed by atoms with E-state index >= 15 is 0 Å². The zero-order chi connectivity index (χ0) is 10.3. The lowest BCUT2D eigenvalue weighted by atomic mass is 10.0. The molecule has 0 aromatic carbocycles. The third-order valence-corrected chi connectivity index (χ3v) is 4.32. The van der Waals surface area contributed by atoms with Gasteiger partial charge in [0.05, 0.1) is 6.04 Å². The summed E-state index contributed by atoms with van der Waals surface area (Å²) in [5, 5.41) is 3.35. The topological polar surface area (TPSA) is 32.3 Å². The Labute approximate surface area is 91.2 Å². The van der Waals surface area contributed by atoms with Gasteiger partial charge in [0.15, 0.2) is 0 Å². The molecule has 1 saturated carbocycles. The average Bonchev–Trinajstić information content (AvgIpc) is 2.90. The standard InChI is InChI=1S/C12H20N2O/c15-11(10-3-1-2-7-13-10)14-8-6-12(9-14)4-5-12/h10,13H,1-9H2/t10-/m0/s1. The third kappa shape index (κ3) is 1.78. The fourth-order valence-electron chi connectivity index (χ4n) is 2.99. The van der Waals surface area contributed by atoms with Crippen LogP contribution in [0.25, 0.3) is 0 Å². The Kier molecular flexibility index (Phi) is 2.23. The summed E-state index contributed by atoms with van der Waals surface area (Å²) in [7, 11) is 0. The van der Waals surface area contributed by atoms with E-state index in [-0.39, 0.29) is 6.04 Å². The lowest BCUT2D eigenvalue weighted by Gasteiger charge is -2.27. The third-order valence-electron chi connectivity index (χ3n) is 4.32. The van der Waals surface area contributed by atoms with Crippen LogP contribution in [0.4, 0.5) is 0 Å². The first-order valence-corrected chi connectivity index (χ1v) is 6.31. The fourth-order valence-corrected chi connectivity index (χ4v) is 2.99. The molecule has 2 aliphatic heterocycles. The molecule has 3 fully saturated rings. The predicted octanol–water partition coefficient (Wildman–Crippen LogP) is 1.14. The van der Waals surface area contributed by atoms with E-state index < -0.39 is 0 Å². The van der Waals surface area contributed by atoms with Crippen molar-refractivity contribution in [3.8, 4) is 0 Å². The number of carbonyl (C=O) groups is 1. The summed E-state index contributed by atoms with van der Waals surface area (Å²) in [6.07, 6.45) is 7.45. The van der Waals surface area contributed by atoms with Crippen molar-refractivity contribution < 1.29 is 4.79 Å². The zero-order valence-electron chi connectivity index (χ0n) is 9.30. The van der Waals surface area contributed by atoms with Gasteiger partial charge >= 0.3 is 0 Å². The van der Waals surface area contributed by atoms with E-state index in [4.69, 9.17) is 0 Å². The van der Waals surface area contributed by atoms with Gasteiger partial charge in [-0.3, -0.25) is 4.79 Å². The Balaban J connectivity index is 1.59. The predicted molar refractivity (Wildman–Crippen MR) is 58.5 cm³/mol. The number of likely N-dealkylation sites (tertiary alicyclic amines) is 1. The number of nitrogens with zero attached hydrogens (tertiary/aromatic N) is 1. The summed E-state index contributed by atoms with van der Waals surface area (Å²) in [5.41, 5.74) is 0.574. The summed E-state index contributed by atoms with van der Waals surface area (Å²) in [5.74, 6) is 0.374. The van der Waals surface area contributed by atoms with Crippen LogP contribution in [0.5, 0.6) is 0 Å². The van der Waals surface area contributed by atoms with Crippen molar-refractivity contribution in [2.24, 2.45) is 5.41 Å². The van der Waals surface area contributed by atoms with Crippen molar-refractivity contribution >= 4 is 5.91 Å². The number of nitrogens with one attached hydrogen (secondary N) is 1. The number of amides is 1. The molecule has 84 valence electrons. The number of carbonyl (C=O) groups excluding carboxylic acids is 1. The number of piperidine rings is 1. The zero-order valence-corrected chi connectivity index (χ0v) is 9.30. The summed E-state index contributed by atoms with van der Waals surface area (Å²) < 4.78 is 0. The molecule has 2 saturated heterocycles. The quantitative estimate of drug-likeness (QED) is 0.701. The van der Waals surface area contributed by atoms with Crippen molar-refractivity contribution in [1.29, 1.82) is 0 Å². The number of hydrogen-bond donors (Lipinski definition) is 1. The summed E-state index contributed by atoms with van der Waals surface area (Å²) >= 11 is 0. The van der Waals surface area contributed by atoms with Gasteiger partial charge in [0.2, 0.25) is 5.91 Å². The molecule has 3 rings (SSSR count). The van der Waals surface area contributed by atoms with Crippen LogP contribution in [-0.4, -0.2) is 36.5 Å². The highest BCUT2D eigenvalue weighted by atomic mass is 16.2. The normalized spacial score (nSPS) is 33.3. The highest BCUT2D eigenvalue weighted by Crippen LogP contribution is 2.52. The Morgan fingerprint density at radius 3 is 2.73 bits per heavy atom. The second-order valence-corrected chi connectivity index (χ2v) is 5.51. The molecule has 2 heterocycles. The molecule has 3 heteroatoms. The first-order valence-electron chi connectivity index (χ1n) is 6.31. The van der Waals surface area contributed by atoms with Gasteiger partial charge in [0.1, 0.15) is 0 Å². The van der Waals surface area contributed by atoms with Crippen LogP contribution in [0.1, 0.15) is 38.5 Å². The highest BCUT2D eigenvalue weighted by molar-refractivity contribution is 5.82. The van der Waals surface area contributed by atoms with Crippen LogP contribution in [0.3, 0.4) is 0 Å². The van der Waals surface area contributed by atoms with Gasteiger partial charge in [-0.1, -0.05) is 6.42 Å². The van der Waals surface area contributed by atoms with Gasteiger partial charge < -0.3 is 10.2 Å². The van der Waals surface area contributed by atoms with E-state index in [0.717, 1.165) is 26.1 Å². The molecule has 0 radical (unpaired) electrons. The largest absolute Gasteiger partial charge is 0.341 e. The highest BCUT2D eigenvalue weighted by Gasteiger charge is 2.49. The minimum Gasteiger partial charge on any atom is -0.341 e. The second-order valence-electron chi connectivity index (χ2n) is 5.51. The molecule has 1 atom stereocenters. The van der Waals surface area contributed by atoms with Gasteiger partial charge in [-0.2, -0.15) is 0 Å². The van der Waals surface area contributed by atoms with Crippen LogP contribution in [0.15, 0.2) is 0 Å². The summed E-state index contributed by atoms with van der Waals surface area (Å²) in [4.78, 5) is 14.3. The van der Waals surface area contributed by atoms with Crippen LogP contribution >= 0.6 is 0 Å². The second kappa shape index (κ2) is 3.48. The van der Waals surface area contributed by atoms with Crippen LogP contribution in [-0.2, 0) is 4.79 Å². The van der Waals surface area contributed by atoms with Crippen molar-refractivity contribution in [2.45, 2.75) is 44.6 Å². The molecule has 1 spiro atoms. The van der Waals surface area contributed by atoms with Crippen molar-refractivity contribution in [1.82, 2.24) is 10.2 Å². The molecule has 1 N–H and O–H groups in total. The minimum atomic E-state index is 0.132. The minimum absolute atomic E-state index is 0.132. The van der Waals surface area contributed by atoms with E-state index in [9.17, 15) is 4.79 Å². The first-order chi connectivity index (χ1) is 7.29. The van der Waals surface area contributed by atoms with Crippen molar-refractivity contribution in [3.63, 3.8) is 0 Å². The smallest absolute Gasteiger partial charge is 0.239 e. The summed E-state index contributed by atoms with van der Waals surface area (Å²) in [6, 6.07) is 0.132. The molecule has 0 aromatic heterocycles. The van der Waals surface area contributed by atoms with Crippen molar-refractivity contribution in [3.05, 3.63) is 0 Å². The Hall–Kier alpha value is -0.570. The first kappa shape index (κ1) is 9.64. The van der Waals surface area contributed by atoms with Crippen molar-refractivity contribution in [2.75, 3.05) is 19.6 Å². The molecule has 3 aliphatic rings. The number of hydrogen-bond acceptors (Lipinski definition) is 2. The molecule has 0 bridgehead atoms. The van der Waals surface area contributed by atoms with E-state index in [2.05, 4.69) is 10.2 Å². The Morgan fingerprint density at radius 2 is 2.13 bits per heavy atom. The maximum absolute atomic E-state index is 12.2. The lowest BCUT2D eigenvalue weighted by molar-refractivity contribution is -0.133. The SMILES string of the molecule is O=C([C@@H]1CCCCN1)N1CCC2(CC2)C1. The van der Waals surface area contributed by atoms with E-state index in [1.807, 2.05) is 0 Å². The van der Waals surface area contributed by atoms with Gasteiger partial charge in [-0.25, -0.2) is 0 Å². The Bertz CT molecular complexity index is 267. The molecule has 1 aliphatic carbocycles. The monoisotopic (exact) mass is 208 g/mol. The molecule has 0 unspecified atom stereocenters. The lowest BCUT2D eigenvalue weighted by Crippen LogP contribution is -2.47. The Morgan fingerprint density at radius 1 is 1.27 bits per heavy atom. The molecule has 3 nitrogen and oxygen atoms in total. The fraction of sp³-hybridized carbons (Fsp3) is 0.917. The van der Waals surface area contributed by atoms with Gasteiger partial charge in [0.25, 0.3) is 0 Å². The van der Waals surface area contributed by atoms with Crippen LogP contribution < -0.4 is 5.32 Å². The maximum Gasteiger partial charge on any atom is 0.239 e. The van der Waals surface area contributed by atoms with Crippen LogP contribution in [0, 0.1) is 5.41 Å². The summed E-state index contributed by atoms with van der Waals surface area (Å²) in [6.45, 7) is 3.08. The van der Waals surface area contributed by atoms with Crippen LogP contribution in [0.2, 0.25) is 0 Å². The molecular weight excluding hydrogens is 188 g/mol.